The number of furan rings is 1. The number of aromatic nitrogens is 1. The molecule has 2 aliphatic rings. The smallest absolute Gasteiger partial charge is 0.270 e. The molecule has 4 rings (SSSR count). The highest BCUT2D eigenvalue weighted by atomic mass is 35.5. The number of nitrogens with one attached hydrogen (secondary N) is 1. The van der Waals surface area contributed by atoms with E-state index in [1.807, 2.05) is 0 Å². The van der Waals surface area contributed by atoms with Crippen LogP contribution >= 0.6 is 11.6 Å². The lowest BCUT2D eigenvalue weighted by Gasteiger charge is -2.22. The highest BCUT2D eigenvalue weighted by Crippen LogP contribution is 2.28. The van der Waals surface area contributed by atoms with Crippen LogP contribution < -0.4 is 5.32 Å². The highest BCUT2D eigenvalue weighted by Gasteiger charge is 2.38. The number of halogens is 1. The Labute approximate surface area is 120 Å². The lowest BCUT2D eigenvalue weighted by molar-refractivity contribution is 0.0919. The van der Waals surface area contributed by atoms with Crippen molar-refractivity contribution in [3.05, 3.63) is 29.2 Å². The van der Waals surface area contributed by atoms with Crippen LogP contribution in [0.2, 0.25) is 5.02 Å². The molecule has 0 aromatic carbocycles. The summed E-state index contributed by atoms with van der Waals surface area (Å²) in [7, 11) is 0. The monoisotopic (exact) mass is 291 g/mol. The largest absolute Gasteiger partial charge is 0.461 e. The van der Waals surface area contributed by atoms with Gasteiger partial charge in [0.1, 0.15) is 12.0 Å². The molecule has 2 bridgehead atoms. The SMILES string of the molecule is O=C(N[C@H]1CN2CC[C@@H]1C2)c1cc2c(Cl)coc2cn1. The van der Waals surface area contributed by atoms with Crippen molar-refractivity contribution in [1.82, 2.24) is 15.2 Å². The molecule has 0 saturated carbocycles. The van der Waals surface area contributed by atoms with Crippen LogP contribution in [-0.2, 0) is 0 Å². The topological polar surface area (TPSA) is 58.4 Å². The number of carbonyl (C=O) groups excluding carboxylic acids is 1. The first-order valence-electron chi connectivity index (χ1n) is 6.76. The molecule has 1 N–H and O–H groups in total. The maximum atomic E-state index is 12.3. The summed E-state index contributed by atoms with van der Waals surface area (Å²) >= 11 is 6.01. The molecule has 6 heteroatoms. The Morgan fingerprint density at radius 1 is 1.50 bits per heavy atom. The summed E-state index contributed by atoms with van der Waals surface area (Å²) in [6, 6.07) is 1.93. The molecule has 4 heterocycles. The molecule has 0 spiro atoms. The van der Waals surface area contributed by atoms with Crippen LogP contribution in [0.5, 0.6) is 0 Å². The molecule has 1 unspecified atom stereocenters. The highest BCUT2D eigenvalue weighted by molar-refractivity contribution is 6.35. The van der Waals surface area contributed by atoms with Gasteiger partial charge in [0.15, 0.2) is 5.58 Å². The number of amides is 1. The number of piperidine rings is 1. The van der Waals surface area contributed by atoms with Gasteiger partial charge < -0.3 is 14.6 Å². The van der Waals surface area contributed by atoms with Gasteiger partial charge in [-0.1, -0.05) is 11.6 Å². The number of hydrogen-bond donors (Lipinski definition) is 1. The lowest BCUT2D eigenvalue weighted by Crippen LogP contribution is -2.43. The van der Waals surface area contributed by atoms with Gasteiger partial charge in [-0.2, -0.15) is 0 Å². The van der Waals surface area contributed by atoms with Crippen LogP contribution in [0.3, 0.4) is 0 Å². The predicted molar refractivity (Wildman–Crippen MR) is 74.8 cm³/mol. The van der Waals surface area contributed by atoms with E-state index in [4.69, 9.17) is 16.0 Å². The van der Waals surface area contributed by atoms with Crippen molar-refractivity contribution in [2.75, 3.05) is 19.6 Å². The third-order valence-electron chi connectivity index (χ3n) is 4.30. The standard InChI is InChI=1S/C14H14ClN3O2/c15-10-7-20-13-4-16-11(3-9(10)13)14(19)17-12-6-18-2-1-8(12)5-18/h3-4,7-8,12H,1-2,5-6H2,(H,17,19)/t8-,12+/m1/s1. The van der Waals surface area contributed by atoms with E-state index < -0.39 is 0 Å². The Bertz CT molecular complexity index is 684. The van der Waals surface area contributed by atoms with Crippen molar-refractivity contribution >= 4 is 28.5 Å². The third-order valence-corrected chi connectivity index (χ3v) is 4.59. The van der Waals surface area contributed by atoms with E-state index in [1.54, 1.807) is 12.3 Å². The Kier molecular flexibility index (Phi) is 2.72. The Morgan fingerprint density at radius 2 is 2.40 bits per heavy atom. The molecule has 1 amide bonds. The van der Waals surface area contributed by atoms with Gasteiger partial charge in [-0.05, 0) is 24.9 Å². The number of fused-ring (bicyclic) bond motifs is 3. The van der Waals surface area contributed by atoms with E-state index in [0.717, 1.165) is 25.0 Å². The van der Waals surface area contributed by atoms with Gasteiger partial charge in [-0.3, -0.25) is 4.79 Å². The van der Waals surface area contributed by atoms with Crippen molar-refractivity contribution < 1.29 is 9.21 Å². The van der Waals surface area contributed by atoms with Crippen molar-refractivity contribution in [3.8, 4) is 0 Å². The second-order valence-electron chi connectivity index (χ2n) is 5.54. The van der Waals surface area contributed by atoms with Gasteiger partial charge in [0.2, 0.25) is 0 Å². The Morgan fingerprint density at radius 3 is 3.15 bits per heavy atom. The average Bonchev–Trinajstić information content (AvgIpc) is 3.15. The summed E-state index contributed by atoms with van der Waals surface area (Å²) in [5, 5.41) is 4.31. The van der Waals surface area contributed by atoms with E-state index in [-0.39, 0.29) is 11.9 Å². The minimum absolute atomic E-state index is 0.136. The maximum Gasteiger partial charge on any atom is 0.270 e. The van der Waals surface area contributed by atoms with Gasteiger partial charge in [-0.15, -0.1) is 0 Å². The van der Waals surface area contributed by atoms with Crippen molar-refractivity contribution in [1.29, 1.82) is 0 Å². The minimum Gasteiger partial charge on any atom is -0.461 e. The Balaban J connectivity index is 1.56. The molecule has 2 aromatic rings. The van der Waals surface area contributed by atoms with Gasteiger partial charge in [0.05, 0.1) is 11.2 Å². The van der Waals surface area contributed by atoms with Crippen LogP contribution in [0.25, 0.3) is 11.0 Å². The van der Waals surface area contributed by atoms with E-state index in [1.165, 1.54) is 12.7 Å². The van der Waals surface area contributed by atoms with E-state index in [0.29, 0.717) is 22.2 Å². The van der Waals surface area contributed by atoms with E-state index in [9.17, 15) is 4.79 Å². The first-order valence-corrected chi connectivity index (χ1v) is 7.14. The summed E-state index contributed by atoms with van der Waals surface area (Å²) in [5.74, 6) is 0.447. The fourth-order valence-electron chi connectivity index (χ4n) is 3.22. The van der Waals surface area contributed by atoms with Crippen LogP contribution in [-0.4, -0.2) is 41.5 Å². The zero-order valence-corrected chi connectivity index (χ0v) is 11.6. The summed E-state index contributed by atoms with van der Waals surface area (Å²) in [6.45, 7) is 3.21. The summed E-state index contributed by atoms with van der Waals surface area (Å²) in [6.07, 6.45) is 4.17. The molecule has 3 atom stereocenters. The summed E-state index contributed by atoms with van der Waals surface area (Å²) in [4.78, 5) is 18.8. The summed E-state index contributed by atoms with van der Waals surface area (Å²) in [5.41, 5.74) is 0.983. The molecular formula is C14H14ClN3O2. The minimum atomic E-state index is -0.136. The molecule has 2 aromatic heterocycles. The van der Waals surface area contributed by atoms with Gasteiger partial charge in [0, 0.05) is 24.5 Å². The average molecular weight is 292 g/mol. The number of rotatable bonds is 2. The molecule has 0 radical (unpaired) electrons. The number of hydrogen-bond acceptors (Lipinski definition) is 4. The van der Waals surface area contributed by atoms with E-state index in [2.05, 4.69) is 15.2 Å². The van der Waals surface area contributed by atoms with Crippen LogP contribution in [0.1, 0.15) is 16.9 Å². The molecule has 104 valence electrons. The predicted octanol–water partition coefficient (Wildman–Crippen LogP) is 1.92. The molecule has 2 fully saturated rings. The normalized spacial score (nSPS) is 28.1. The Hall–Kier alpha value is -1.59. The summed E-state index contributed by atoms with van der Waals surface area (Å²) < 4.78 is 5.22. The molecule has 2 saturated heterocycles. The fraction of sp³-hybridized carbons (Fsp3) is 0.429. The van der Waals surface area contributed by atoms with Crippen molar-refractivity contribution in [3.63, 3.8) is 0 Å². The van der Waals surface area contributed by atoms with E-state index >= 15 is 0 Å². The molecule has 2 aliphatic heterocycles. The van der Waals surface area contributed by atoms with Crippen molar-refractivity contribution in [2.45, 2.75) is 12.5 Å². The van der Waals surface area contributed by atoms with Gasteiger partial charge in [0.25, 0.3) is 5.91 Å². The number of nitrogens with zero attached hydrogens (tertiary/aromatic N) is 2. The fourth-order valence-corrected chi connectivity index (χ4v) is 3.41. The molecule has 0 aliphatic carbocycles. The molecular weight excluding hydrogens is 278 g/mol. The second-order valence-corrected chi connectivity index (χ2v) is 5.94. The van der Waals surface area contributed by atoms with Crippen LogP contribution in [0.4, 0.5) is 0 Å². The zero-order valence-electron chi connectivity index (χ0n) is 10.8. The number of pyridine rings is 1. The molecule has 20 heavy (non-hydrogen) atoms. The van der Waals surface area contributed by atoms with Crippen LogP contribution in [0.15, 0.2) is 22.9 Å². The van der Waals surface area contributed by atoms with Crippen LogP contribution in [0, 0.1) is 5.92 Å². The first-order chi connectivity index (χ1) is 9.70. The lowest BCUT2D eigenvalue weighted by atomic mass is 10.00. The quantitative estimate of drug-likeness (QED) is 0.918. The van der Waals surface area contributed by atoms with Gasteiger partial charge in [-0.25, -0.2) is 4.98 Å². The zero-order chi connectivity index (χ0) is 13.7. The second kappa shape index (κ2) is 4.46. The maximum absolute atomic E-state index is 12.3. The van der Waals surface area contributed by atoms with Gasteiger partial charge >= 0.3 is 0 Å². The number of carbonyl (C=O) groups is 1. The van der Waals surface area contributed by atoms with Crippen molar-refractivity contribution in [2.24, 2.45) is 5.92 Å². The first kappa shape index (κ1) is 12.2. The molecule has 5 nitrogen and oxygen atoms in total. The third kappa shape index (κ3) is 1.89.